The second-order valence-corrected chi connectivity index (χ2v) is 7.83. The lowest BCUT2D eigenvalue weighted by Gasteiger charge is -2.23. The number of carboxylic acid groups (broad SMARTS) is 1. The average molecular weight is 486 g/mol. The van der Waals surface area contributed by atoms with E-state index in [9.17, 15) is 27.9 Å². The van der Waals surface area contributed by atoms with Gasteiger partial charge in [0.25, 0.3) is 0 Å². The highest BCUT2D eigenvalue weighted by molar-refractivity contribution is 5.89. The van der Waals surface area contributed by atoms with E-state index in [-0.39, 0.29) is 12.0 Å². The molecule has 6 nitrogen and oxygen atoms in total. The first kappa shape index (κ1) is 25.6. The number of carboxylic acids is 1. The zero-order chi connectivity index (χ0) is 25.6. The summed E-state index contributed by atoms with van der Waals surface area (Å²) < 4.78 is 46.2. The molecule has 0 fully saturated rings. The highest BCUT2D eigenvalue weighted by atomic mass is 19.4. The summed E-state index contributed by atoms with van der Waals surface area (Å²) in [5.74, 6) is -0.678. The van der Waals surface area contributed by atoms with E-state index in [0.29, 0.717) is 34.5 Å². The van der Waals surface area contributed by atoms with E-state index >= 15 is 0 Å². The van der Waals surface area contributed by atoms with E-state index in [4.69, 9.17) is 4.74 Å². The Bertz CT molecular complexity index is 1200. The number of benzene rings is 3. The molecule has 3 N–H and O–H groups in total. The van der Waals surface area contributed by atoms with Crippen LogP contribution in [0.5, 0.6) is 5.75 Å². The minimum Gasteiger partial charge on any atom is -0.496 e. The number of methoxy groups -OCH3 is 1. The SMILES string of the molecule is CCC(NC(=O)Nc1ccccc1)c1cc(C(F)(F)F)ccc1-c1cc(CC(=O)O)ccc1OC. The van der Waals surface area contributed by atoms with Crippen LogP contribution in [-0.2, 0) is 17.4 Å². The maximum absolute atomic E-state index is 13.6. The van der Waals surface area contributed by atoms with Crippen molar-refractivity contribution >= 4 is 17.7 Å². The Hall–Kier alpha value is -4.01. The number of carbonyl (C=O) groups excluding carboxylic acids is 1. The summed E-state index contributed by atoms with van der Waals surface area (Å²) >= 11 is 0. The maximum atomic E-state index is 13.6. The fourth-order valence-corrected chi connectivity index (χ4v) is 3.77. The zero-order valence-corrected chi connectivity index (χ0v) is 19.1. The lowest BCUT2D eigenvalue weighted by Crippen LogP contribution is -2.32. The molecule has 35 heavy (non-hydrogen) atoms. The number of urea groups is 1. The minimum absolute atomic E-state index is 0.233. The molecule has 9 heteroatoms. The Morgan fingerprint density at radius 1 is 1.00 bits per heavy atom. The number of carbonyl (C=O) groups is 2. The fourth-order valence-electron chi connectivity index (χ4n) is 3.77. The van der Waals surface area contributed by atoms with Crippen molar-refractivity contribution in [3.05, 3.63) is 83.4 Å². The van der Waals surface area contributed by atoms with Crippen molar-refractivity contribution in [3.8, 4) is 16.9 Å². The number of alkyl halides is 3. The van der Waals surface area contributed by atoms with Gasteiger partial charge in [0, 0.05) is 11.3 Å². The molecule has 0 bridgehead atoms. The molecule has 3 aromatic rings. The van der Waals surface area contributed by atoms with Crippen LogP contribution in [0.2, 0.25) is 0 Å². The van der Waals surface area contributed by atoms with Crippen LogP contribution in [0.3, 0.4) is 0 Å². The maximum Gasteiger partial charge on any atom is 0.416 e. The molecule has 0 aliphatic carbocycles. The summed E-state index contributed by atoms with van der Waals surface area (Å²) in [6, 6.07) is 15.3. The number of para-hydroxylation sites is 1. The molecule has 184 valence electrons. The Morgan fingerprint density at radius 3 is 2.31 bits per heavy atom. The van der Waals surface area contributed by atoms with Gasteiger partial charge in [-0.25, -0.2) is 4.79 Å². The summed E-state index contributed by atoms with van der Waals surface area (Å²) in [5, 5.41) is 14.6. The van der Waals surface area contributed by atoms with Gasteiger partial charge in [-0.3, -0.25) is 4.79 Å². The molecule has 0 spiro atoms. The van der Waals surface area contributed by atoms with Gasteiger partial charge in [-0.2, -0.15) is 13.2 Å². The molecule has 2 amide bonds. The number of hydrogen-bond acceptors (Lipinski definition) is 3. The molecular formula is C26H25F3N2O4. The number of amides is 2. The lowest BCUT2D eigenvalue weighted by molar-refractivity contribution is -0.138. The lowest BCUT2D eigenvalue weighted by atomic mass is 9.90. The van der Waals surface area contributed by atoms with E-state index in [1.807, 2.05) is 0 Å². The highest BCUT2D eigenvalue weighted by Gasteiger charge is 2.32. The molecule has 3 aromatic carbocycles. The van der Waals surface area contributed by atoms with Gasteiger partial charge in [-0.1, -0.05) is 37.3 Å². The van der Waals surface area contributed by atoms with Crippen molar-refractivity contribution in [2.75, 3.05) is 12.4 Å². The van der Waals surface area contributed by atoms with Crippen molar-refractivity contribution in [1.82, 2.24) is 5.32 Å². The van der Waals surface area contributed by atoms with Crippen LogP contribution in [-0.4, -0.2) is 24.2 Å². The molecule has 0 heterocycles. The first-order valence-corrected chi connectivity index (χ1v) is 10.8. The standard InChI is InChI=1S/C26H25F3N2O4/c1-3-22(31-25(34)30-18-7-5-4-6-8-18)20-15-17(26(27,28)29)10-11-19(20)21-13-16(14-24(32)33)9-12-23(21)35-2/h4-13,15,22H,3,14H2,1-2H3,(H,32,33)(H2,30,31,34). The smallest absolute Gasteiger partial charge is 0.416 e. The summed E-state index contributed by atoms with van der Waals surface area (Å²) in [7, 11) is 1.42. The van der Waals surface area contributed by atoms with Crippen LogP contribution in [0.25, 0.3) is 11.1 Å². The second-order valence-electron chi connectivity index (χ2n) is 7.83. The first-order chi connectivity index (χ1) is 16.6. The number of nitrogens with one attached hydrogen (secondary N) is 2. The molecule has 0 radical (unpaired) electrons. The number of hydrogen-bond donors (Lipinski definition) is 3. The molecule has 0 saturated carbocycles. The molecule has 0 aliphatic heterocycles. The molecular weight excluding hydrogens is 461 g/mol. The van der Waals surface area contributed by atoms with E-state index in [1.165, 1.54) is 13.2 Å². The van der Waals surface area contributed by atoms with E-state index in [0.717, 1.165) is 12.1 Å². The largest absolute Gasteiger partial charge is 0.496 e. The van der Waals surface area contributed by atoms with Gasteiger partial charge < -0.3 is 20.5 Å². The topological polar surface area (TPSA) is 87.7 Å². The third-order valence-corrected chi connectivity index (χ3v) is 5.41. The van der Waals surface area contributed by atoms with Crippen LogP contribution in [0.15, 0.2) is 66.7 Å². The average Bonchev–Trinajstić information content (AvgIpc) is 2.82. The highest BCUT2D eigenvalue weighted by Crippen LogP contribution is 2.40. The van der Waals surface area contributed by atoms with Gasteiger partial charge in [0.1, 0.15) is 5.75 Å². The third-order valence-electron chi connectivity index (χ3n) is 5.41. The van der Waals surface area contributed by atoms with Gasteiger partial charge in [0.2, 0.25) is 0 Å². The van der Waals surface area contributed by atoms with Gasteiger partial charge in [0.05, 0.1) is 25.1 Å². The fraction of sp³-hybridized carbons (Fsp3) is 0.231. The van der Waals surface area contributed by atoms with Gasteiger partial charge in [0.15, 0.2) is 0 Å². The number of aliphatic carboxylic acids is 1. The van der Waals surface area contributed by atoms with Crippen LogP contribution in [0.4, 0.5) is 23.7 Å². The summed E-state index contributed by atoms with van der Waals surface area (Å²) in [4.78, 5) is 23.9. The van der Waals surface area contributed by atoms with E-state index in [1.54, 1.807) is 55.5 Å². The molecule has 1 unspecified atom stereocenters. The van der Waals surface area contributed by atoms with Crippen molar-refractivity contribution in [3.63, 3.8) is 0 Å². The third kappa shape index (κ3) is 6.53. The summed E-state index contributed by atoms with van der Waals surface area (Å²) in [5.41, 5.74) is 1.19. The number of anilines is 1. The number of rotatable bonds is 8. The first-order valence-electron chi connectivity index (χ1n) is 10.8. The molecule has 0 aliphatic rings. The molecule has 3 rings (SSSR count). The Morgan fingerprint density at radius 2 is 1.71 bits per heavy atom. The molecule has 0 saturated heterocycles. The van der Waals surface area contributed by atoms with Crippen LogP contribution in [0.1, 0.15) is 36.1 Å². The summed E-state index contributed by atoms with van der Waals surface area (Å²) in [6.45, 7) is 1.75. The Balaban J connectivity index is 2.08. The van der Waals surface area contributed by atoms with Crippen LogP contribution < -0.4 is 15.4 Å². The Labute approximate surface area is 200 Å². The van der Waals surface area contributed by atoms with Gasteiger partial charge in [-0.05, 0) is 59.5 Å². The predicted molar refractivity (Wildman–Crippen MR) is 126 cm³/mol. The zero-order valence-electron chi connectivity index (χ0n) is 19.1. The van der Waals surface area contributed by atoms with Gasteiger partial charge >= 0.3 is 18.2 Å². The van der Waals surface area contributed by atoms with Crippen molar-refractivity contribution in [1.29, 1.82) is 0 Å². The van der Waals surface area contributed by atoms with Crippen molar-refractivity contribution in [2.45, 2.75) is 32.0 Å². The molecule has 1 atom stereocenters. The normalized spacial score (nSPS) is 12.0. The van der Waals surface area contributed by atoms with Crippen molar-refractivity contribution < 1.29 is 32.6 Å². The Kier molecular flexibility index (Phi) is 8.01. The summed E-state index contributed by atoms with van der Waals surface area (Å²) in [6.07, 6.45) is -4.55. The second kappa shape index (κ2) is 10.9. The monoisotopic (exact) mass is 486 g/mol. The van der Waals surface area contributed by atoms with E-state index in [2.05, 4.69) is 10.6 Å². The van der Waals surface area contributed by atoms with E-state index < -0.39 is 29.8 Å². The van der Waals surface area contributed by atoms with Crippen LogP contribution >= 0.6 is 0 Å². The van der Waals surface area contributed by atoms with Crippen LogP contribution in [0, 0.1) is 0 Å². The minimum atomic E-state index is -4.59. The number of ether oxygens (including phenoxy) is 1. The van der Waals surface area contributed by atoms with Crippen molar-refractivity contribution in [2.24, 2.45) is 0 Å². The molecule has 0 aromatic heterocycles. The quantitative estimate of drug-likeness (QED) is 0.350. The number of halogens is 3. The van der Waals surface area contributed by atoms with Gasteiger partial charge in [-0.15, -0.1) is 0 Å². The predicted octanol–water partition coefficient (Wildman–Crippen LogP) is 6.28.